The molecule has 0 unspecified atom stereocenters. The molecule has 0 saturated carbocycles. The molecule has 1 aliphatic heterocycles. The van der Waals surface area contributed by atoms with Gasteiger partial charge in [-0.15, -0.1) is 0 Å². The van der Waals surface area contributed by atoms with Crippen LogP contribution in [0, 0.1) is 0 Å². The predicted octanol–water partition coefficient (Wildman–Crippen LogP) is 0.658. The Morgan fingerprint density at radius 3 is 2.54 bits per heavy atom. The van der Waals surface area contributed by atoms with Gasteiger partial charge in [0.15, 0.2) is 12.3 Å². The molecule has 7 heteroatoms. The standard InChI is InChI=1S/C19H23N3O4/c1-2-25-16-7-5-15(6-8-16)20-18(23)14-21-9-11-22(12-10-21)19(24)17-4-3-13-26-17/h3-8,13H,2,9-12,14H2,1H3,(H,20,23)/p+1. The van der Waals surface area contributed by atoms with Crippen molar-refractivity contribution in [2.75, 3.05) is 44.6 Å². The normalized spacial score (nSPS) is 14.9. The second-order valence-electron chi connectivity index (χ2n) is 6.20. The zero-order chi connectivity index (χ0) is 18.4. The van der Waals surface area contributed by atoms with Crippen LogP contribution in [0.15, 0.2) is 47.1 Å². The Morgan fingerprint density at radius 1 is 1.19 bits per heavy atom. The Hall–Kier alpha value is -2.80. The van der Waals surface area contributed by atoms with Crippen molar-refractivity contribution < 1.29 is 23.6 Å². The van der Waals surface area contributed by atoms with E-state index in [1.165, 1.54) is 6.26 Å². The number of rotatable bonds is 6. The van der Waals surface area contributed by atoms with Crippen LogP contribution in [0.5, 0.6) is 5.75 Å². The first-order chi connectivity index (χ1) is 12.7. The summed E-state index contributed by atoms with van der Waals surface area (Å²) in [5, 5.41) is 2.90. The Labute approximate surface area is 152 Å². The zero-order valence-electron chi connectivity index (χ0n) is 14.9. The van der Waals surface area contributed by atoms with Crippen LogP contribution >= 0.6 is 0 Å². The summed E-state index contributed by atoms with van der Waals surface area (Å²) >= 11 is 0. The Morgan fingerprint density at radius 2 is 1.92 bits per heavy atom. The molecule has 0 spiro atoms. The van der Waals surface area contributed by atoms with Gasteiger partial charge in [-0.25, -0.2) is 0 Å². The number of nitrogens with one attached hydrogen (secondary N) is 2. The van der Waals surface area contributed by atoms with E-state index in [-0.39, 0.29) is 11.8 Å². The van der Waals surface area contributed by atoms with Gasteiger partial charge in [0, 0.05) is 5.69 Å². The van der Waals surface area contributed by atoms with Gasteiger partial charge < -0.3 is 24.3 Å². The molecule has 0 atom stereocenters. The number of carbonyl (C=O) groups is 2. The number of ether oxygens (including phenoxy) is 1. The van der Waals surface area contributed by atoms with Crippen LogP contribution in [0.1, 0.15) is 17.5 Å². The van der Waals surface area contributed by atoms with Gasteiger partial charge >= 0.3 is 0 Å². The van der Waals surface area contributed by atoms with Crippen LogP contribution in [0.3, 0.4) is 0 Å². The fraction of sp³-hybridized carbons (Fsp3) is 0.368. The molecule has 1 aromatic carbocycles. The molecule has 1 fully saturated rings. The van der Waals surface area contributed by atoms with Gasteiger partial charge in [0.05, 0.1) is 39.0 Å². The van der Waals surface area contributed by atoms with Gasteiger partial charge in [-0.3, -0.25) is 9.59 Å². The van der Waals surface area contributed by atoms with E-state index in [2.05, 4.69) is 5.32 Å². The average molecular weight is 358 g/mol. The zero-order valence-corrected chi connectivity index (χ0v) is 14.9. The Bertz CT molecular complexity index is 720. The van der Waals surface area contributed by atoms with E-state index in [0.29, 0.717) is 32.0 Å². The van der Waals surface area contributed by atoms with Crippen molar-refractivity contribution in [3.63, 3.8) is 0 Å². The van der Waals surface area contributed by atoms with E-state index >= 15 is 0 Å². The lowest BCUT2D eigenvalue weighted by Crippen LogP contribution is -3.15. The van der Waals surface area contributed by atoms with Crippen LogP contribution in [-0.2, 0) is 4.79 Å². The molecular weight excluding hydrogens is 334 g/mol. The highest BCUT2D eigenvalue weighted by Gasteiger charge is 2.27. The molecule has 2 amide bonds. The molecule has 1 saturated heterocycles. The van der Waals surface area contributed by atoms with E-state index in [1.807, 2.05) is 31.2 Å². The molecule has 26 heavy (non-hydrogen) atoms. The second-order valence-corrected chi connectivity index (χ2v) is 6.20. The molecule has 2 heterocycles. The fourth-order valence-corrected chi connectivity index (χ4v) is 2.99. The molecule has 0 aliphatic carbocycles. The van der Waals surface area contributed by atoms with E-state index in [1.54, 1.807) is 17.0 Å². The van der Waals surface area contributed by atoms with Crippen molar-refractivity contribution in [1.82, 2.24) is 4.90 Å². The summed E-state index contributed by atoms with van der Waals surface area (Å²) in [5.74, 6) is 1.03. The highest BCUT2D eigenvalue weighted by atomic mass is 16.5. The number of anilines is 1. The molecule has 0 radical (unpaired) electrons. The highest BCUT2D eigenvalue weighted by Crippen LogP contribution is 2.15. The van der Waals surface area contributed by atoms with E-state index in [0.717, 1.165) is 29.4 Å². The quantitative estimate of drug-likeness (QED) is 0.795. The monoisotopic (exact) mass is 358 g/mol. The third-order valence-electron chi connectivity index (χ3n) is 4.35. The van der Waals surface area contributed by atoms with E-state index in [9.17, 15) is 9.59 Å². The maximum Gasteiger partial charge on any atom is 0.289 e. The highest BCUT2D eigenvalue weighted by molar-refractivity contribution is 5.92. The van der Waals surface area contributed by atoms with Gasteiger partial charge in [-0.2, -0.15) is 0 Å². The molecule has 1 aliphatic rings. The lowest BCUT2D eigenvalue weighted by Gasteiger charge is -2.31. The van der Waals surface area contributed by atoms with Crippen LogP contribution in [0.2, 0.25) is 0 Å². The minimum Gasteiger partial charge on any atom is -0.494 e. The minimum atomic E-state index is -0.0899. The summed E-state index contributed by atoms with van der Waals surface area (Å²) in [6.45, 7) is 5.64. The maximum atomic E-state index is 12.2. The first-order valence-corrected chi connectivity index (χ1v) is 8.84. The number of nitrogens with zero attached hydrogens (tertiary/aromatic N) is 1. The van der Waals surface area contributed by atoms with Gasteiger partial charge in [-0.05, 0) is 43.3 Å². The summed E-state index contributed by atoms with van der Waals surface area (Å²) in [7, 11) is 0. The molecule has 1 aromatic heterocycles. The predicted molar refractivity (Wildman–Crippen MR) is 96.4 cm³/mol. The largest absolute Gasteiger partial charge is 0.494 e. The summed E-state index contributed by atoms with van der Waals surface area (Å²) < 4.78 is 10.5. The second kappa shape index (κ2) is 8.53. The average Bonchev–Trinajstić information content (AvgIpc) is 3.18. The maximum absolute atomic E-state index is 12.2. The van der Waals surface area contributed by atoms with Gasteiger partial charge in [0.25, 0.3) is 11.8 Å². The van der Waals surface area contributed by atoms with Crippen molar-refractivity contribution in [3.8, 4) is 5.75 Å². The van der Waals surface area contributed by atoms with Crippen LogP contribution in [0.4, 0.5) is 5.69 Å². The number of piperazine rings is 1. The Balaban J connectivity index is 1.44. The number of quaternary nitrogens is 1. The van der Waals surface area contributed by atoms with Crippen molar-refractivity contribution in [1.29, 1.82) is 0 Å². The SMILES string of the molecule is CCOc1ccc(NC(=O)C[NH+]2CCN(C(=O)c3ccco3)CC2)cc1. The van der Waals surface area contributed by atoms with Crippen molar-refractivity contribution in [2.45, 2.75) is 6.92 Å². The van der Waals surface area contributed by atoms with Crippen molar-refractivity contribution >= 4 is 17.5 Å². The topological polar surface area (TPSA) is 76.2 Å². The number of amides is 2. The number of furan rings is 1. The molecule has 7 nitrogen and oxygen atoms in total. The third kappa shape index (κ3) is 4.64. The van der Waals surface area contributed by atoms with E-state index < -0.39 is 0 Å². The first-order valence-electron chi connectivity index (χ1n) is 8.84. The molecule has 0 bridgehead atoms. The molecular formula is C19H24N3O4+. The van der Waals surface area contributed by atoms with Crippen LogP contribution in [0.25, 0.3) is 0 Å². The first kappa shape index (κ1) is 18.0. The summed E-state index contributed by atoms with van der Waals surface area (Å²) in [5.41, 5.74) is 0.754. The summed E-state index contributed by atoms with van der Waals surface area (Å²) in [6, 6.07) is 10.7. The Kier molecular flexibility index (Phi) is 5.91. The van der Waals surface area contributed by atoms with Crippen LogP contribution < -0.4 is 15.0 Å². The third-order valence-corrected chi connectivity index (χ3v) is 4.35. The van der Waals surface area contributed by atoms with Crippen molar-refractivity contribution in [3.05, 3.63) is 48.4 Å². The van der Waals surface area contributed by atoms with Crippen LogP contribution in [-0.4, -0.2) is 56.0 Å². The fourth-order valence-electron chi connectivity index (χ4n) is 2.99. The van der Waals surface area contributed by atoms with Gasteiger partial charge in [0.2, 0.25) is 0 Å². The van der Waals surface area contributed by atoms with E-state index in [4.69, 9.17) is 9.15 Å². The van der Waals surface area contributed by atoms with Gasteiger partial charge in [0.1, 0.15) is 5.75 Å². The smallest absolute Gasteiger partial charge is 0.289 e. The number of carbonyl (C=O) groups excluding carboxylic acids is 2. The molecule has 2 aromatic rings. The number of hydrogen-bond acceptors (Lipinski definition) is 4. The summed E-state index contributed by atoms with van der Waals surface area (Å²) in [4.78, 5) is 27.4. The lowest BCUT2D eigenvalue weighted by molar-refractivity contribution is -0.895. The minimum absolute atomic E-state index is 0.0324. The molecule has 3 rings (SSSR count). The number of hydrogen-bond donors (Lipinski definition) is 2. The number of benzene rings is 1. The van der Waals surface area contributed by atoms with Gasteiger partial charge in [-0.1, -0.05) is 0 Å². The lowest BCUT2D eigenvalue weighted by atomic mass is 10.2. The summed E-state index contributed by atoms with van der Waals surface area (Å²) in [6.07, 6.45) is 1.50. The van der Waals surface area contributed by atoms with Crippen molar-refractivity contribution in [2.24, 2.45) is 0 Å². The molecule has 2 N–H and O–H groups in total. The molecule has 138 valence electrons.